The van der Waals surface area contributed by atoms with E-state index in [1.165, 1.54) is 6.07 Å². The molecule has 1 saturated heterocycles. The van der Waals surface area contributed by atoms with Crippen LogP contribution in [-0.2, 0) is 17.8 Å². The molecule has 3 nitrogen and oxygen atoms in total. The third-order valence-electron chi connectivity index (χ3n) is 5.34. The number of hydrogen-bond acceptors (Lipinski definition) is 2. The Hall–Kier alpha value is -2.69. The number of carbonyl (C=O) groups is 1. The molecule has 2 aliphatic heterocycles. The first-order valence-electron chi connectivity index (χ1n) is 9.23. The molecule has 0 aromatic heterocycles. The lowest BCUT2D eigenvalue weighted by atomic mass is 9.95. The molecule has 140 valence electrons. The van der Waals surface area contributed by atoms with Gasteiger partial charge in [0.1, 0.15) is 6.61 Å². The molecular weight excluding hydrogens is 348 g/mol. The smallest absolute Gasteiger partial charge is 0.410 e. The predicted molar refractivity (Wildman–Crippen MR) is 98.0 cm³/mol. The SMILES string of the molecule is O=C(OCc1ccccc1)N1C2C=C(Cc3cccc(F)c3F)CC1CC2. The van der Waals surface area contributed by atoms with E-state index in [0.29, 0.717) is 18.4 Å². The molecule has 2 atom stereocenters. The Kier molecular flexibility index (Phi) is 4.92. The van der Waals surface area contributed by atoms with Crippen molar-refractivity contribution in [3.05, 3.63) is 82.9 Å². The first kappa shape index (κ1) is 17.7. The van der Waals surface area contributed by atoms with Crippen LogP contribution in [0.15, 0.2) is 60.2 Å². The Balaban J connectivity index is 1.43. The molecule has 2 unspecified atom stereocenters. The van der Waals surface area contributed by atoms with E-state index < -0.39 is 11.6 Å². The van der Waals surface area contributed by atoms with Gasteiger partial charge >= 0.3 is 6.09 Å². The van der Waals surface area contributed by atoms with Gasteiger partial charge in [-0.1, -0.05) is 54.1 Å². The molecule has 2 aliphatic rings. The van der Waals surface area contributed by atoms with Crippen molar-refractivity contribution in [3.8, 4) is 0 Å². The Morgan fingerprint density at radius 1 is 1.07 bits per heavy atom. The second-order valence-corrected chi connectivity index (χ2v) is 7.16. The first-order valence-corrected chi connectivity index (χ1v) is 9.23. The molecule has 5 heteroatoms. The topological polar surface area (TPSA) is 29.5 Å². The maximum absolute atomic E-state index is 13.9. The summed E-state index contributed by atoms with van der Waals surface area (Å²) in [5.41, 5.74) is 2.37. The van der Waals surface area contributed by atoms with E-state index in [-0.39, 0.29) is 24.8 Å². The number of nitrogens with zero attached hydrogens (tertiary/aromatic N) is 1. The summed E-state index contributed by atoms with van der Waals surface area (Å²) < 4.78 is 32.9. The Morgan fingerprint density at radius 2 is 1.89 bits per heavy atom. The summed E-state index contributed by atoms with van der Waals surface area (Å²) in [7, 11) is 0. The van der Waals surface area contributed by atoms with Gasteiger partial charge in [-0.15, -0.1) is 0 Å². The third-order valence-corrected chi connectivity index (χ3v) is 5.34. The van der Waals surface area contributed by atoms with Crippen molar-refractivity contribution < 1.29 is 18.3 Å². The number of ether oxygens (including phenoxy) is 1. The minimum atomic E-state index is -0.821. The van der Waals surface area contributed by atoms with Gasteiger partial charge in [0.15, 0.2) is 11.6 Å². The summed E-state index contributed by atoms with van der Waals surface area (Å²) in [6.45, 7) is 0.251. The van der Waals surface area contributed by atoms with E-state index in [1.54, 1.807) is 11.0 Å². The summed E-state index contributed by atoms with van der Waals surface area (Å²) in [5, 5.41) is 0. The highest BCUT2D eigenvalue weighted by molar-refractivity contribution is 5.70. The van der Waals surface area contributed by atoms with Crippen LogP contribution in [0.2, 0.25) is 0 Å². The molecule has 2 heterocycles. The van der Waals surface area contributed by atoms with Crippen molar-refractivity contribution in [1.29, 1.82) is 0 Å². The van der Waals surface area contributed by atoms with Crippen LogP contribution in [0.1, 0.15) is 30.4 Å². The van der Waals surface area contributed by atoms with Crippen LogP contribution in [0.25, 0.3) is 0 Å². The number of halogens is 2. The lowest BCUT2D eigenvalue weighted by Gasteiger charge is -2.33. The van der Waals surface area contributed by atoms with Crippen molar-refractivity contribution >= 4 is 6.09 Å². The minimum Gasteiger partial charge on any atom is -0.445 e. The highest BCUT2D eigenvalue weighted by Crippen LogP contribution is 2.36. The van der Waals surface area contributed by atoms with E-state index in [4.69, 9.17) is 4.74 Å². The van der Waals surface area contributed by atoms with E-state index in [9.17, 15) is 13.6 Å². The lowest BCUT2D eigenvalue weighted by molar-refractivity contribution is 0.0815. The summed E-state index contributed by atoms with van der Waals surface area (Å²) >= 11 is 0. The number of fused-ring (bicyclic) bond motifs is 2. The van der Waals surface area contributed by atoms with E-state index in [0.717, 1.165) is 30.0 Å². The van der Waals surface area contributed by atoms with Crippen LogP contribution in [0.4, 0.5) is 13.6 Å². The van der Waals surface area contributed by atoms with Gasteiger partial charge in [0, 0.05) is 6.04 Å². The maximum Gasteiger partial charge on any atom is 0.410 e. The molecule has 0 saturated carbocycles. The van der Waals surface area contributed by atoms with Gasteiger partial charge in [0.25, 0.3) is 0 Å². The van der Waals surface area contributed by atoms with Crippen molar-refractivity contribution in [2.75, 3.05) is 0 Å². The molecule has 2 aromatic rings. The number of hydrogen-bond donors (Lipinski definition) is 0. The van der Waals surface area contributed by atoms with Gasteiger partial charge in [0.05, 0.1) is 6.04 Å². The summed E-state index contributed by atoms with van der Waals surface area (Å²) in [6.07, 6.45) is 4.55. The largest absolute Gasteiger partial charge is 0.445 e. The number of amides is 1. The van der Waals surface area contributed by atoms with Crippen molar-refractivity contribution in [2.24, 2.45) is 0 Å². The normalized spacial score (nSPS) is 21.1. The monoisotopic (exact) mass is 369 g/mol. The number of benzene rings is 2. The van der Waals surface area contributed by atoms with Gasteiger partial charge in [-0.3, -0.25) is 4.90 Å². The molecule has 1 fully saturated rings. The lowest BCUT2D eigenvalue weighted by Crippen LogP contribution is -2.43. The Labute approximate surface area is 157 Å². The quantitative estimate of drug-likeness (QED) is 0.709. The zero-order chi connectivity index (χ0) is 18.8. The second-order valence-electron chi connectivity index (χ2n) is 7.16. The van der Waals surface area contributed by atoms with Crippen molar-refractivity contribution in [2.45, 2.75) is 44.4 Å². The van der Waals surface area contributed by atoms with Crippen LogP contribution in [0, 0.1) is 11.6 Å². The molecule has 1 amide bonds. The summed E-state index contributed by atoms with van der Waals surface area (Å²) in [5.74, 6) is -1.60. The zero-order valence-electron chi connectivity index (χ0n) is 14.9. The average molecular weight is 369 g/mol. The molecule has 0 radical (unpaired) electrons. The molecule has 0 aliphatic carbocycles. The molecule has 2 aromatic carbocycles. The Bertz CT molecular complexity index is 866. The maximum atomic E-state index is 13.9. The molecule has 27 heavy (non-hydrogen) atoms. The summed E-state index contributed by atoms with van der Waals surface area (Å²) in [6, 6.07) is 13.9. The highest BCUT2D eigenvalue weighted by Gasteiger charge is 2.40. The number of rotatable bonds is 4. The Morgan fingerprint density at radius 3 is 2.67 bits per heavy atom. The van der Waals surface area contributed by atoms with E-state index in [2.05, 4.69) is 0 Å². The van der Waals surface area contributed by atoms with E-state index >= 15 is 0 Å². The van der Waals surface area contributed by atoms with Gasteiger partial charge in [-0.25, -0.2) is 13.6 Å². The van der Waals surface area contributed by atoms with Crippen LogP contribution < -0.4 is 0 Å². The second kappa shape index (κ2) is 7.51. The molecule has 0 spiro atoms. The number of carbonyl (C=O) groups excluding carboxylic acids is 1. The highest BCUT2D eigenvalue weighted by atomic mass is 19.2. The van der Waals surface area contributed by atoms with Crippen LogP contribution in [0.3, 0.4) is 0 Å². The predicted octanol–water partition coefficient (Wildman–Crippen LogP) is 5.01. The van der Waals surface area contributed by atoms with E-state index in [1.807, 2.05) is 36.4 Å². The summed E-state index contributed by atoms with van der Waals surface area (Å²) in [4.78, 5) is 14.4. The van der Waals surface area contributed by atoms with Crippen LogP contribution in [-0.4, -0.2) is 23.1 Å². The molecule has 2 bridgehead atoms. The van der Waals surface area contributed by atoms with Gasteiger partial charge in [-0.05, 0) is 42.9 Å². The zero-order valence-corrected chi connectivity index (χ0v) is 14.9. The van der Waals surface area contributed by atoms with Crippen LogP contribution in [0.5, 0.6) is 0 Å². The van der Waals surface area contributed by atoms with Crippen LogP contribution >= 0.6 is 0 Å². The molecule has 4 rings (SSSR count). The van der Waals surface area contributed by atoms with Crippen molar-refractivity contribution in [1.82, 2.24) is 4.90 Å². The fourth-order valence-electron chi connectivity index (χ4n) is 4.06. The average Bonchev–Trinajstić information content (AvgIpc) is 2.95. The van der Waals surface area contributed by atoms with Crippen molar-refractivity contribution in [3.63, 3.8) is 0 Å². The van der Waals surface area contributed by atoms with Gasteiger partial charge < -0.3 is 4.74 Å². The van der Waals surface area contributed by atoms with Gasteiger partial charge in [0.2, 0.25) is 0 Å². The van der Waals surface area contributed by atoms with Gasteiger partial charge in [-0.2, -0.15) is 0 Å². The molecular formula is C22H21F2NO2. The fraction of sp³-hybridized carbons (Fsp3) is 0.318. The minimum absolute atomic E-state index is 0.0290. The standard InChI is InChI=1S/C22H21F2NO2/c23-20-8-4-7-17(21(20)24)11-16-12-18-9-10-19(13-16)25(18)22(26)27-14-15-5-2-1-3-6-15/h1-8,12,18-19H,9-11,13-14H2. The third kappa shape index (κ3) is 3.72. The molecule has 0 N–H and O–H groups in total. The first-order chi connectivity index (χ1) is 13.1. The fourth-order valence-corrected chi connectivity index (χ4v) is 4.06.